The summed E-state index contributed by atoms with van der Waals surface area (Å²) >= 11 is 0. The minimum Gasteiger partial charge on any atom is -0.493 e. The molecule has 0 saturated heterocycles. The van der Waals surface area contributed by atoms with Gasteiger partial charge in [0.1, 0.15) is 5.82 Å². The number of ether oxygens (including phenoxy) is 3. The first-order valence-electron chi connectivity index (χ1n) is 8.29. The second kappa shape index (κ2) is 7.64. The lowest BCUT2D eigenvalue weighted by Crippen LogP contribution is -2.26. The second-order valence-corrected chi connectivity index (χ2v) is 7.12. The van der Waals surface area contributed by atoms with Gasteiger partial charge in [0, 0.05) is 6.20 Å². The van der Waals surface area contributed by atoms with Crippen LogP contribution in [0, 0.1) is 12.3 Å². The average molecular weight is 344 g/mol. The van der Waals surface area contributed by atoms with E-state index in [9.17, 15) is 0 Å². The average Bonchev–Trinajstić information content (AvgIpc) is 2.57. The number of hydrogen-bond donors (Lipinski definition) is 1. The third kappa shape index (κ3) is 4.35. The normalized spacial score (nSPS) is 12.4. The fourth-order valence-electron chi connectivity index (χ4n) is 2.83. The van der Waals surface area contributed by atoms with Crippen molar-refractivity contribution in [3.63, 3.8) is 0 Å². The van der Waals surface area contributed by atoms with Crippen LogP contribution in [0.25, 0.3) is 0 Å². The highest BCUT2D eigenvalue weighted by Crippen LogP contribution is 2.44. The van der Waals surface area contributed by atoms with Crippen LogP contribution in [0.2, 0.25) is 0 Å². The van der Waals surface area contributed by atoms with Gasteiger partial charge in [0.2, 0.25) is 5.75 Å². The number of nitrogens with zero attached hydrogens (tertiary/aromatic N) is 1. The highest BCUT2D eigenvalue weighted by molar-refractivity contribution is 5.55. The molecule has 0 spiro atoms. The lowest BCUT2D eigenvalue weighted by Gasteiger charge is -2.33. The highest BCUT2D eigenvalue weighted by Gasteiger charge is 2.29. The lowest BCUT2D eigenvalue weighted by molar-refractivity contribution is 0.317. The zero-order valence-corrected chi connectivity index (χ0v) is 16.1. The van der Waals surface area contributed by atoms with Crippen LogP contribution in [-0.2, 0) is 0 Å². The fraction of sp³-hybridized carbons (Fsp3) is 0.450. The number of pyridine rings is 1. The van der Waals surface area contributed by atoms with Gasteiger partial charge in [-0.15, -0.1) is 0 Å². The molecule has 0 saturated carbocycles. The summed E-state index contributed by atoms with van der Waals surface area (Å²) in [5.41, 5.74) is 2.15. The minimum atomic E-state index is -0.0595. The topological polar surface area (TPSA) is 52.6 Å². The van der Waals surface area contributed by atoms with E-state index >= 15 is 0 Å². The SMILES string of the molecule is COc1cc(C(Nc2cc(C)ccn2)C(C)(C)C)cc(OC)c1OC. The Morgan fingerprint density at radius 3 is 2.00 bits per heavy atom. The van der Waals surface area contributed by atoms with Gasteiger partial charge in [-0.1, -0.05) is 20.8 Å². The molecule has 25 heavy (non-hydrogen) atoms. The molecule has 1 heterocycles. The summed E-state index contributed by atoms with van der Waals surface area (Å²) in [4.78, 5) is 4.44. The van der Waals surface area contributed by atoms with Gasteiger partial charge in [-0.05, 0) is 47.7 Å². The lowest BCUT2D eigenvalue weighted by atomic mass is 9.82. The Balaban J connectivity index is 2.51. The molecule has 5 heteroatoms. The number of aromatic nitrogens is 1. The highest BCUT2D eigenvalue weighted by atomic mass is 16.5. The van der Waals surface area contributed by atoms with Gasteiger partial charge in [0.25, 0.3) is 0 Å². The molecule has 2 rings (SSSR count). The van der Waals surface area contributed by atoms with Gasteiger partial charge in [0.15, 0.2) is 11.5 Å². The number of anilines is 1. The molecule has 2 aromatic rings. The summed E-state index contributed by atoms with van der Waals surface area (Å²) in [6.45, 7) is 8.61. The van der Waals surface area contributed by atoms with Crippen LogP contribution in [-0.4, -0.2) is 26.3 Å². The summed E-state index contributed by atoms with van der Waals surface area (Å²) in [7, 11) is 4.86. The van der Waals surface area contributed by atoms with Crippen LogP contribution in [0.3, 0.4) is 0 Å². The van der Waals surface area contributed by atoms with Gasteiger partial charge < -0.3 is 19.5 Å². The molecule has 0 fully saturated rings. The molecule has 0 aliphatic carbocycles. The van der Waals surface area contributed by atoms with E-state index in [-0.39, 0.29) is 11.5 Å². The molecule has 1 atom stereocenters. The molecule has 1 aromatic heterocycles. The van der Waals surface area contributed by atoms with E-state index < -0.39 is 0 Å². The standard InChI is InChI=1S/C20H28N2O3/c1-13-8-9-21-17(10-13)22-19(20(2,3)4)14-11-15(23-5)18(25-7)16(12-14)24-6/h8-12,19H,1-7H3,(H,21,22). The van der Waals surface area contributed by atoms with Crippen molar-refractivity contribution in [3.8, 4) is 17.2 Å². The van der Waals surface area contributed by atoms with E-state index in [2.05, 4.69) is 38.0 Å². The van der Waals surface area contributed by atoms with Gasteiger partial charge in [-0.3, -0.25) is 0 Å². The maximum absolute atomic E-state index is 5.50. The Bertz CT molecular complexity index is 698. The Morgan fingerprint density at radius 2 is 1.56 bits per heavy atom. The van der Waals surface area contributed by atoms with Gasteiger partial charge in [-0.2, -0.15) is 0 Å². The van der Waals surface area contributed by atoms with E-state index in [4.69, 9.17) is 14.2 Å². The molecule has 136 valence electrons. The van der Waals surface area contributed by atoms with Crippen LogP contribution in [0.5, 0.6) is 17.2 Å². The fourth-order valence-corrected chi connectivity index (χ4v) is 2.83. The van der Waals surface area contributed by atoms with Crippen molar-refractivity contribution >= 4 is 5.82 Å². The van der Waals surface area contributed by atoms with Crippen molar-refractivity contribution < 1.29 is 14.2 Å². The van der Waals surface area contributed by atoms with Crippen molar-refractivity contribution in [2.24, 2.45) is 5.41 Å². The van der Waals surface area contributed by atoms with Crippen molar-refractivity contribution in [1.29, 1.82) is 0 Å². The van der Waals surface area contributed by atoms with Crippen molar-refractivity contribution in [2.45, 2.75) is 33.7 Å². The van der Waals surface area contributed by atoms with E-state index in [0.717, 1.165) is 16.9 Å². The smallest absolute Gasteiger partial charge is 0.203 e. The van der Waals surface area contributed by atoms with Crippen molar-refractivity contribution in [2.75, 3.05) is 26.6 Å². The largest absolute Gasteiger partial charge is 0.493 e. The summed E-state index contributed by atoms with van der Waals surface area (Å²) in [5, 5.41) is 3.55. The summed E-state index contributed by atoms with van der Waals surface area (Å²) in [6.07, 6.45) is 1.81. The van der Waals surface area contributed by atoms with Crippen molar-refractivity contribution in [1.82, 2.24) is 4.98 Å². The molecule has 1 aromatic carbocycles. The first-order chi connectivity index (χ1) is 11.8. The van der Waals surface area contributed by atoms with Gasteiger partial charge in [-0.25, -0.2) is 4.98 Å². The number of benzene rings is 1. The number of rotatable bonds is 6. The summed E-state index contributed by atoms with van der Waals surface area (Å²) < 4.78 is 16.4. The monoisotopic (exact) mass is 344 g/mol. The van der Waals surface area contributed by atoms with E-state index in [0.29, 0.717) is 17.2 Å². The van der Waals surface area contributed by atoms with Crippen LogP contribution in [0.4, 0.5) is 5.82 Å². The Labute approximate surface area is 150 Å². The van der Waals surface area contributed by atoms with E-state index in [1.54, 1.807) is 21.3 Å². The molecular formula is C20H28N2O3. The molecule has 1 N–H and O–H groups in total. The van der Waals surface area contributed by atoms with E-state index in [1.807, 2.05) is 30.5 Å². The second-order valence-electron chi connectivity index (χ2n) is 7.12. The Hall–Kier alpha value is -2.43. The molecule has 5 nitrogen and oxygen atoms in total. The van der Waals surface area contributed by atoms with Crippen LogP contribution >= 0.6 is 0 Å². The Morgan fingerprint density at radius 1 is 0.960 bits per heavy atom. The quantitative estimate of drug-likeness (QED) is 0.829. The van der Waals surface area contributed by atoms with Crippen LogP contribution in [0.1, 0.15) is 37.9 Å². The summed E-state index contributed by atoms with van der Waals surface area (Å²) in [6, 6.07) is 8.00. The van der Waals surface area contributed by atoms with Gasteiger partial charge in [0.05, 0.1) is 27.4 Å². The third-order valence-electron chi connectivity index (χ3n) is 4.09. The number of aryl methyl sites for hydroxylation is 1. The predicted molar refractivity (Wildman–Crippen MR) is 101 cm³/mol. The molecule has 0 amide bonds. The van der Waals surface area contributed by atoms with Crippen LogP contribution < -0.4 is 19.5 Å². The maximum atomic E-state index is 5.50. The molecule has 0 bridgehead atoms. The zero-order valence-electron chi connectivity index (χ0n) is 16.1. The molecule has 0 aliphatic heterocycles. The first kappa shape index (κ1) is 18.9. The molecule has 1 unspecified atom stereocenters. The van der Waals surface area contributed by atoms with E-state index in [1.165, 1.54) is 0 Å². The first-order valence-corrected chi connectivity index (χ1v) is 8.29. The maximum Gasteiger partial charge on any atom is 0.203 e. The Kier molecular flexibility index (Phi) is 5.77. The number of hydrogen-bond acceptors (Lipinski definition) is 5. The molecular weight excluding hydrogens is 316 g/mol. The molecule has 0 radical (unpaired) electrons. The summed E-state index contributed by atoms with van der Waals surface area (Å²) in [5.74, 6) is 2.72. The predicted octanol–water partition coefficient (Wildman–Crippen LogP) is 4.62. The minimum absolute atomic E-state index is 0.00973. The van der Waals surface area contributed by atoms with Gasteiger partial charge >= 0.3 is 0 Å². The molecule has 0 aliphatic rings. The number of methoxy groups -OCH3 is 3. The van der Waals surface area contributed by atoms with Crippen LogP contribution in [0.15, 0.2) is 30.5 Å². The van der Waals surface area contributed by atoms with Crippen molar-refractivity contribution in [3.05, 3.63) is 41.6 Å². The zero-order chi connectivity index (χ0) is 18.6. The third-order valence-corrected chi connectivity index (χ3v) is 4.09. The number of nitrogens with one attached hydrogen (secondary N) is 1.